The van der Waals surface area contributed by atoms with Crippen molar-refractivity contribution in [2.75, 3.05) is 6.61 Å². The molecule has 4 aromatic rings. The zero-order valence-corrected chi connectivity index (χ0v) is 22.6. The van der Waals surface area contributed by atoms with Gasteiger partial charge in [0.05, 0.1) is 39.3 Å². The Bertz CT molecular complexity index is 1260. The third-order valence-electron chi connectivity index (χ3n) is 6.79. The molecular weight excluding hydrogens is 500 g/mol. The highest BCUT2D eigenvalue weighted by molar-refractivity contribution is 5.16. The first-order valence-electron chi connectivity index (χ1n) is 13.8. The van der Waals surface area contributed by atoms with Gasteiger partial charge in [-0.25, -0.2) is 0 Å². The van der Waals surface area contributed by atoms with E-state index in [0.717, 1.165) is 22.3 Å². The average Bonchev–Trinajstić information content (AvgIpc) is 3.18. The minimum absolute atomic E-state index is 0.343. The van der Waals surface area contributed by atoms with Gasteiger partial charge in [0.2, 0.25) is 0 Å². The maximum atomic E-state index is 6.61. The monoisotopic (exact) mass is 536 g/mol. The predicted octanol–water partition coefficient (Wildman–Crippen LogP) is 6.87. The summed E-state index contributed by atoms with van der Waals surface area (Å²) in [7, 11) is 0. The fraction of sp³-hybridized carbons (Fsp3) is 0.257. The number of ether oxygens (including phenoxy) is 5. The highest BCUT2D eigenvalue weighted by atomic mass is 16.6. The zero-order chi connectivity index (χ0) is 27.2. The van der Waals surface area contributed by atoms with Gasteiger partial charge < -0.3 is 23.7 Å². The van der Waals surface area contributed by atoms with Gasteiger partial charge >= 0.3 is 0 Å². The standard InChI is InChI=1S/C35H36O5/c1-5-13-28(14-6-1)23-36-27-33-35(40-26-31-19-11-4-12-20-31)34(39-25-30-17-9-3-10-18-30)32(21-22-37-33)38-24-29-15-7-2-8-16-29/h1-22,32-35H,23-27H2/t32-,33+,34+,35+/m0/s1. The van der Waals surface area contributed by atoms with Crippen LogP contribution in [-0.4, -0.2) is 31.0 Å². The molecule has 0 aromatic heterocycles. The van der Waals surface area contributed by atoms with Gasteiger partial charge in [-0.1, -0.05) is 121 Å². The summed E-state index contributed by atoms with van der Waals surface area (Å²) in [6.07, 6.45) is 1.97. The van der Waals surface area contributed by atoms with E-state index < -0.39 is 18.3 Å². The number of benzene rings is 4. The molecule has 0 N–H and O–H groups in total. The minimum atomic E-state index is -0.449. The SMILES string of the molecule is C1=C[C@H](OCc2ccccc2)[C@@H](OCc2ccccc2)[C@H](OCc2ccccc2)[C@@H](COCc2ccccc2)O1. The second kappa shape index (κ2) is 15.2. The molecule has 1 aliphatic rings. The van der Waals surface area contributed by atoms with E-state index in [1.807, 2.05) is 78.9 Å². The molecule has 0 aliphatic carbocycles. The summed E-state index contributed by atoms with van der Waals surface area (Å²) >= 11 is 0. The van der Waals surface area contributed by atoms with Crippen molar-refractivity contribution in [3.63, 3.8) is 0 Å². The van der Waals surface area contributed by atoms with Crippen molar-refractivity contribution in [3.8, 4) is 0 Å². The molecule has 0 radical (unpaired) electrons. The summed E-state index contributed by atoms with van der Waals surface area (Å²) in [6.45, 7) is 2.12. The predicted molar refractivity (Wildman–Crippen MR) is 155 cm³/mol. The maximum absolute atomic E-state index is 6.61. The second-order valence-electron chi connectivity index (χ2n) is 9.79. The molecule has 5 nitrogen and oxygen atoms in total. The summed E-state index contributed by atoms with van der Waals surface area (Å²) in [5, 5.41) is 0. The van der Waals surface area contributed by atoms with Crippen molar-refractivity contribution >= 4 is 0 Å². The van der Waals surface area contributed by atoms with Crippen LogP contribution < -0.4 is 0 Å². The largest absolute Gasteiger partial charge is 0.493 e. The van der Waals surface area contributed by atoms with E-state index in [-0.39, 0.29) is 6.10 Å². The van der Waals surface area contributed by atoms with Crippen molar-refractivity contribution in [1.82, 2.24) is 0 Å². The fourth-order valence-electron chi connectivity index (χ4n) is 4.65. The van der Waals surface area contributed by atoms with Crippen LogP contribution in [0.2, 0.25) is 0 Å². The lowest BCUT2D eigenvalue weighted by Gasteiger charge is -2.34. The minimum Gasteiger partial charge on any atom is -0.493 e. The van der Waals surface area contributed by atoms with Crippen LogP contribution in [0, 0.1) is 0 Å². The van der Waals surface area contributed by atoms with Gasteiger partial charge in [0.15, 0.2) is 0 Å². The smallest absolute Gasteiger partial charge is 0.150 e. The van der Waals surface area contributed by atoms with Crippen LogP contribution in [0.5, 0.6) is 0 Å². The van der Waals surface area contributed by atoms with Gasteiger partial charge in [-0.15, -0.1) is 0 Å². The van der Waals surface area contributed by atoms with Gasteiger partial charge in [-0.3, -0.25) is 0 Å². The summed E-state index contributed by atoms with van der Waals surface area (Å²) in [5.74, 6) is 0. The Balaban J connectivity index is 1.36. The third-order valence-corrected chi connectivity index (χ3v) is 6.79. The molecule has 5 rings (SSSR count). The maximum Gasteiger partial charge on any atom is 0.150 e. The Morgan fingerprint density at radius 2 is 0.900 bits per heavy atom. The van der Waals surface area contributed by atoms with Crippen LogP contribution in [-0.2, 0) is 50.1 Å². The van der Waals surface area contributed by atoms with Crippen molar-refractivity contribution in [3.05, 3.63) is 156 Å². The quantitative estimate of drug-likeness (QED) is 0.187. The molecule has 1 heterocycles. The van der Waals surface area contributed by atoms with E-state index >= 15 is 0 Å². The molecule has 40 heavy (non-hydrogen) atoms. The summed E-state index contributed by atoms with van der Waals surface area (Å²) < 4.78 is 32.0. The summed E-state index contributed by atoms with van der Waals surface area (Å²) in [6, 6.07) is 40.6. The molecule has 1 aliphatic heterocycles. The molecule has 0 saturated carbocycles. The van der Waals surface area contributed by atoms with Gasteiger partial charge in [-0.2, -0.15) is 0 Å². The van der Waals surface area contributed by atoms with E-state index in [4.69, 9.17) is 23.7 Å². The number of rotatable bonds is 13. The second-order valence-corrected chi connectivity index (χ2v) is 9.79. The van der Waals surface area contributed by atoms with E-state index in [2.05, 4.69) is 48.5 Å². The zero-order valence-electron chi connectivity index (χ0n) is 22.6. The van der Waals surface area contributed by atoms with E-state index in [9.17, 15) is 0 Å². The van der Waals surface area contributed by atoms with Gasteiger partial charge in [0.1, 0.15) is 24.4 Å². The van der Waals surface area contributed by atoms with Crippen LogP contribution in [0.3, 0.4) is 0 Å². The van der Waals surface area contributed by atoms with Crippen LogP contribution in [0.15, 0.2) is 134 Å². The van der Waals surface area contributed by atoms with E-state index in [0.29, 0.717) is 33.0 Å². The first-order chi connectivity index (χ1) is 19.8. The fourth-order valence-corrected chi connectivity index (χ4v) is 4.65. The van der Waals surface area contributed by atoms with Gasteiger partial charge in [0.25, 0.3) is 0 Å². The first kappa shape index (κ1) is 27.8. The molecule has 206 valence electrons. The first-order valence-corrected chi connectivity index (χ1v) is 13.8. The van der Waals surface area contributed by atoms with E-state index in [1.165, 1.54) is 0 Å². The Morgan fingerprint density at radius 1 is 0.475 bits per heavy atom. The molecule has 0 bridgehead atoms. The van der Waals surface area contributed by atoms with Crippen molar-refractivity contribution in [1.29, 1.82) is 0 Å². The summed E-state index contributed by atoms with van der Waals surface area (Å²) in [4.78, 5) is 0. The normalized spacial score (nSPS) is 20.5. The molecule has 0 spiro atoms. The molecule has 0 amide bonds. The number of hydrogen-bond donors (Lipinski definition) is 0. The van der Waals surface area contributed by atoms with Crippen molar-refractivity contribution < 1.29 is 23.7 Å². The van der Waals surface area contributed by atoms with Crippen LogP contribution in [0.4, 0.5) is 0 Å². The highest BCUT2D eigenvalue weighted by Crippen LogP contribution is 2.26. The molecule has 5 heteroatoms. The van der Waals surface area contributed by atoms with Crippen molar-refractivity contribution in [2.24, 2.45) is 0 Å². The lowest BCUT2D eigenvalue weighted by atomic mass is 10.0. The average molecular weight is 537 g/mol. The lowest BCUT2D eigenvalue weighted by Crippen LogP contribution is -2.48. The molecule has 4 aromatic carbocycles. The van der Waals surface area contributed by atoms with Crippen LogP contribution in [0.1, 0.15) is 22.3 Å². The Labute approximate surface area is 236 Å². The lowest BCUT2D eigenvalue weighted by molar-refractivity contribution is -0.173. The van der Waals surface area contributed by atoms with Crippen LogP contribution in [0.25, 0.3) is 0 Å². The van der Waals surface area contributed by atoms with Gasteiger partial charge in [-0.05, 0) is 28.3 Å². The number of hydrogen-bond acceptors (Lipinski definition) is 5. The Hall–Kier alpha value is -3.74. The Morgan fingerprint density at radius 3 is 1.40 bits per heavy atom. The molecule has 0 fully saturated rings. The molecule has 4 atom stereocenters. The third kappa shape index (κ3) is 8.38. The van der Waals surface area contributed by atoms with Crippen LogP contribution >= 0.6 is 0 Å². The highest BCUT2D eigenvalue weighted by Gasteiger charge is 2.39. The van der Waals surface area contributed by atoms with Gasteiger partial charge in [0, 0.05) is 0 Å². The molecule has 0 saturated heterocycles. The van der Waals surface area contributed by atoms with E-state index in [1.54, 1.807) is 6.26 Å². The molecule has 0 unspecified atom stereocenters. The summed E-state index contributed by atoms with van der Waals surface area (Å²) in [5.41, 5.74) is 4.35. The van der Waals surface area contributed by atoms with Crippen molar-refractivity contribution in [2.45, 2.75) is 50.8 Å². The topological polar surface area (TPSA) is 46.2 Å². The molecular formula is C35H36O5. The Kier molecular flexibility index (Phi) is 10.5.